The number of halogens is 1. The zero-order chi connectivity index (χ0) is 14.5. The molecule has 1 aromatic heterocycles. The van der Waals surface area contributed by atoms with Gasteiger partial charge in [-0.25, -0.2) is 4.39 Å². The largest absolute Gasteiger partial charge is 0.469 e. The number of nitrogens with one attached hydrogen (secondary N) is 2. The number of aryl methyl sites for hydroxylation is 1. The molecule has 1 aromatic carbocycles. The van der Waals surface area contributed by atoms with Gasteiger partial charge < -0.3 is 15.1 Å². The highest BCUT2D eigenvalue weighted by molar-refractivity contribution is 5.99. The minimum atomic E-state index is -0.530. The summed E-state index contributed by atoms with van der Waals surface area (Å²) in [5.41, 5.74) is 0.440. The van der Waals surface area contributed by atoms with Crippen molar-refractivity contribution in [3.8, 4) is 0 Å². The van der Waals surface area contributed by atoms with Gasteiger partial charge in [0.25, 0.3) is 5.91 Å². The molecule has 0 atom stereocenters. The van der Waals surface area contributed by atoms with Crippen molar-refractivity contribution in [2.45, 2.75) is 6.92 Å². The van der Waals surface area contributed by atoms with E-state index in [1.54, 1.807) is 13.0 Å². The molecule has 0 bridgehead atoms. The second kappa shape index (κ2) is 6.01. The Labute approximate surface area is 114 Å². The van der Waals surface area contributed by atoms with Gasteiger partial charge in [0.2, 0.25) is 5.91 Å². The predicted octanol–water partition coefficient (Wildman–Crippen LogP) is 2.10. The van der Waals surface area contributed by atoms with Crippen molar-refractivity contribution in [2.75, 3.05) is 11.9 Å². The van der Waals surface area contributed by atoms with Gasteiger partial charge in [-0.15, -0.1) is 0 Å². The van der Waals surface area contributed by atoms with Crippen LogP contribution < -0.4 is 10.6 Å². The Balaban J connectivity index is 1.89. The summed E-state index contributed by atoms with van der Waals surface area (Å²) in [5.74, 6) is -0.987. The first-order valence-electron chi connectivity index (χ1n) is 5.94. The molecule has 2 rings (SSSR count). The minimum absolute atomic E-state index is 0.0752. The highest BCUT2D eigenvalue weighted by atomic mass is 19.1. The number of hydrogen-bond donors (Lipinski definition) is 2. The van der Waals surface area contributed by atoms with Gasteiger partial charge in [0.05, 0.1) is 24.1 Å². The maximum Gasteiger partial charge on any atom is 0.255 e. The normalized spacial score (nSPS) is 10.1. The monoisotopic (exact) mass is 276 g/mol. The van der Waals surface area contributed by atoms with Gasteiger partial charge in [-0.05, 0) is 25.1 Å². The number of carbonyl (C=O) groups is 2. The van der Waals surface area contributed by atoms with Crippen molar-refractivity contribution < 1.29 is 18.4 Å². The maximum absolute atomic E-state index is 13.3. The Hall–Kier alpha value is -2.63. The highest BCUT2D eigenvalue weighted by Gasteiger charge is 2.13. The topological polar surface area (TPSA) is 71.3 Å². The number of carbonyl (C=O) groups excluding carboxylic acids is 2. The lowest BCUT2D eigenvalue weighted by Crippen LogP contribution is -2.33. The van der Waals surface area contributed by atoms with E-state index in [0.717, 1.165) is 0 Å². The molecule has 20 heavy (non-hydrogen) atoms. The van der Waals surface area contributed by atoms with Crippen LogP contribution in [0, 0.1) is 12.7 Å². The lowest BCUT2D eigenvalue weighted by molar-refractivity contribution is -0.115. The van der Waals surface area contributed by atoms with E-state index in [0.29, 0.717) is 11.3 Å². The SMILES string of the molecule is Cc1occc1C(=O)NCC(=O)Nc1ccccc1F. The molecule has 0 unspecified atom stereocenters. The van der Waals surface area contributed by atoms with Crippen LogP contribution in [0.4, 0.5) is 10.1 Å². The van der Waals surface area contributed by atoms with E-state index in [1.807, 2.05) is 0 Å². The molecule has 2 aromatic rings. The fraction of sp³-hybridized carbons (Fsp3) is 0.143. The third kappa shape index (κ3) is 3.23. The smallest absolute Gasteiger partial charge is 0.255 e. The summed E-state index contributed by atoms with van der Waals surface area (Å²) in [6, 6.07) is 7.32. The van der Waals surface area contributed by atoms with Crippen LogP contribution in [0.2, 0.25) is 0 Å². The standard InChI is InChI=1S/C14H13FN2O3/c1-9-10(6-7-20-9)14(19)16-8-13(18)17-12-5-3-2-4-11(12)15/h2-7H,8H2,1H3,(H,16,19)(H,17,18). The highest BCUT2D eigenvalue weighted by Crippen LogP contribution is 2.12. The van der Waals surface area contributed by atoms with E-state index in [4.69, 9.17) is 4.42 Å². The second-order valence-electron chi connectivity index (χ2n) is 4.10. The second-order valence-corrected chi connectivity index (χ2v) is 4.10. The molecule has 0 spiro atoms. The average molecular weight is 276 g/mol. The molecule has 6 heteroatoms. The molecule has 5 nitrogen and oxygen atoms in total. The summed E-state index contributed by atoms with van der Waals surface area (Å²) in [7, 11) is 0. The third-order valence-corrected chi connectivity index (χ3v) is 2.66. The van der Waals surface area contributed by atoms with E-state index in [1.165, 1.54) is 30.5 Å². The van der Waals surface area contributed by atoms with Crippen molar-refractivity contribution in [2.24, 2.45) is 0 Å². The lowest BCUT2D eigenvalue weighted by Gasteiger charge is -2.07. The predicted molar refractivity (Wildman–Crippen MR) is 70.8 cm³/mol. The first-order chi connectivity index (χ1) is 9.58. The lowest BCUT2D eigenvalue weighted by atomic mass is 10.2. The van der Waals surface area contributed by atoms with Crippen LogP contribution in [0.5, 0.6) is 0 Å². The first kappa shape index (κ1) is 13.8. The van der Waals surface area contributed by atoms with Gasteiger partial charge in [-0.1, -0.05) is 12.1 Å². The molecular formula is C14H13FN2O3. The molecular weight excluding hydrogens is 263 g/mol. The van der Waals surface area contributed by atoms with E-state index >= 15 is 0 Å². The quantitative estimate of drug-likeness (QED) is 0.898. The summed E-state index contributed by atoms with van der Waals surface area (Å²) in [4.78, 5) is 23.3. The molecule has 0 aliphatic carbocycles. The molecule has 0 aliphatic heterocycles. The molecule has 0 saturated carbocycles. The molecule has 2 amide bonds. The van der Waals surface area contributed by atoms with Crippen molar-refractivity contribution >= 4 is 17.5 Å². The molecule has 2 N–H and O–H groups in total. The van der Waals surface area contributed by atoms with E-state index < -0.39 is 17.6 Å². The summed E-state index contributed by atoms with van der Waals surface area (Å²) in [5, 5.41) is 4.81. The maximum atomic E-state index is 13.3. The Morgan fingerprint density at radius 3 is 2.65 bits per heavy atom. The molecule has 0 radical (unpaired) electrons. The molecule has 104 valence electrons. The van der Waals surface area contributed by atoms with Crippen molar-refractivity contribution in [3.05, 3.63) is 53.7 Å². The van der Waals surface area contributed by atoms with Crippen molar-refractivity contribution in [1.82, 2.24) is 5.32 Å². The third-order valence-electron chi connectivity index (χ3n) is 2.66. The number of hydrogen-bond acceptors (Lipinski definition) is 3. The van der Waals surface area contributed by atoms with Gasteiger partial charge in [0, 0.05) is 0 Å². The van der Waals surface area contributed by atoms with Crippen LogP contribution in [-0.2, 0) is 4.79 Å². The first-order valence-corrected chi connectivity index (χ1v) is 5.94. The Bertz CT molecular complexity index is 637. The Morgan fingerprint density at radius 2 is 2.00 bits per heavy atom. The Kier molecular flexibility index (Phi) is 4.14. The number of amides is 2. The average Bonchev–Trinajstić information content (AvgIpc) is 2.85. The van der Waals surface area contributed by atoms with Crippen LogP contribution >= 0.6 is 0 Å². The van der Waals surface area contributed by atoms with Gasteiger partial charge >= 0.3 is 0 Å². The Morgan fingerprint density at radius 1 is 1.25 bits per heavy atom. The number of furan rings is 1. The van der Waals surface area contributed by atoms with Crippen molar-refractivity contribution in [1.29, 1.82) is 0 Å². The van der Waals surface area contributed by atoms with Gasteiger partial charge in [0.1, 0.15) is 11.6 Å². The summed E-state index contributed by atoms with van der Waals surface area (Å²) >= 11 is 0. The minimum Gasteiger partial charge on any atom is -0.469 e. The molecule has 0 aliphatic rings. The fourth-order valence-electron chi connectivity index (χ4n) is 1.63. The molecule has 0 fully saturated rings. The summed E-state index contributed by atoms with van der Waals surface area (Å²) in [6.07, 6.45) is 1.39. The van der Waals surface area contributed by atoms with E-state index in [2.05, 4.69) is 10.6 Å². The van der Waals surface area contributed by atoms with Gasteiger partial charge in [-0.3, -0.25) is 9.59 Å². The van der Waals surface area contributed by atoms with E-state index in [-0.39, 0.29) is 12.2 Å². The summed E-state index contributed by atoms with van der Waals surface area (Å²) < 4.78 is 18.3. The van der Waals surface area contributed by atoms with Crippen molar-refractivity contribution in [3.63, 3.8) is 0 Å². The number of benzene rings is 1. The zero-order valence-corrected chi connectivity index (χ0v) is 10.8. The van der Waals surface area contributed by atoms with Gasteiger partial charge in [-0.2, -0.15) is 0 Å². The van der Waals surface area contributed by atoms with Crippen LogP contribution in [0.1, 0.15) is 16.1 Å². The van der Waals surface area contributed by atoms with Crippen LogP contribution in [-0.4, -0.2) is 18.4 Å². The number of para-hydroxylation sites is 1. The fourth-order valence-corrected chi connectivity index (χ4v) is 1.63. The molecule has 1 heterocycles. The van der Waals surface area contributed by atoms with E-state index in [9.17, 15) is 14.0 Å². The number of anilines is 1. The zero-order valence-electron chi connectivity index (χ0n) is 10.8. The number of rotatable bonds is 4. The van der Waals surface area contributed by atoms with Crippen LogP contribution in [0.3, 0.4) is 0 Å². The van der Waals surface area contributed by atoms with Crippen LogP contribution in [0.25, 0.3) is 0 Å². The summed E-state index contributed by atoms with van der Waals surface area (Å²) in [6.45, 7) is 1.39. The molecule has 0 saturated heterocycles. The van der Waals surface area contributed by atoms with Crippen LogP contribution in [0.15, 0.2) is 41.0 Å². The van der Waals surface area contributed by atoms with Gasteiger partial charge in [0.15, 0.2) is 0 Å².